The maximum Gasteiger partial charge on any atom is 0.222 e. The zero-order valence-corrected chi connectivity index (χ0v) is 14.2. The van der Waals surface area contributed by atoms with Crippen molar-refractivity contribution in [2.45, 2.75) is 38.0 Å². The molecule has 5 heteroatoms. The Morgan fingerprint density at radius 3 is 2.59 bits per heavy atom. The summed E-state index contributed by atoms with van der Waals surface area (Å²) < 4.78 is 24.9. The van der Waals surface area contributed by atoms with E-state index >= 15 is 0 Å². The topological polar surface area (TPSA) is 54.5 Å². The van der Waals surface area contributed by atoms with Crippen molar-refractivity contribution in [2.75, 3.05) is 18.8 Å². The van der Waals surface area contributed by atoms with Crippen LogP contribution in [0.25, 0.3) is 0 Å². The third kappa shape index (κ3) is 4.57. The van der Waals surface area contributed by atoms with Crippen LogP contribution < -0.4 is 0 Å². The van der Waals surface area contributed by atoms with Gasteiger partial charge in [0, 0.05) is 19.5 Å². The van der Waals surface area contributed by atoms with Crippen LogP contribution in [-0.2, 0) is 14.6 Å². The summed E-state index contributed by atoms with van der Waals surface area (Å²) in [7, 11) is -3.27. The van der Waals surface area contributed by atoms with E-state index in [-0.39, 0.29) is 17.6 Å². The van der Waals surface area contributed by atoms with Crippen molar-refractivity contribution in [1.29, 1.82) is 0 Å². The molecule has 1 atom stereocenters. The number of nitrogens with zero attached hydrogens (tertiary/aromatic N) is 1. The number of likely N-dealkylation sites (tertiary alicyclic amines) is 1. The van der Waals surface area contributed by atoms with Gasteiger partial charge < -0.3 is 4.90 Å². The van der Waals surface area contributed by atoms with Crippen LogP contribution in [0, 0.1) is 11.8 Å². The van der Waals surface area contributed by atoms with Crippen molar-refractivity contribution in [1.82, 2.24) is 4.90 Å². The summed E-state index contributed by atoms with van der Waals surface area (Å²) in [6.07, 6.45) is 2.30. The van der Waals surface area contributed by atoms with Crippen molar-refractivity contribution >= 4 is 15.7 Å². The molecule has 1 aromatic carbocycles. The van der Waals surface area contributed by atoms with E-state index in [2.05, 4.69) is 0 Å². The highest BCUT2D eigenvalue weighted by Crippen LogP contribution is 2.22. The van der Waals surface area contributed by atoms with Crippen molar-refractivity contribution in [3.8, 4) is 0 Å². The highest BCUT2D eigenvalue weighted by atomic mass is 32.2. The molecule has 122 valence electrons. The molecule has 2 rings (SSSR count). The van der Waals surface area contributed by atoms with E-state index in [1.165, 1.54) is 0 Å². The third-order valence-corrected chi connectivity index (χ3v) is 5.91. The Morgan fingerprint density at radius 1 is 1.27 bits per heavy atom. The first-order valence-electron chi connectivity index (χ1n) is 7.94. The fraction of sp³-hybridized carbons (Fsp3) is 0.588. The lowest BCUT2D eigenvalue weighted by Crippen LogP contribution is -2.42. The minimum atomic E-state index is -3.27. The number of benzene rings is 1. The predicted octanol–water partition coefficient (Wildman–Crippen LogP) is 2.75. The normalized spacial score (nSPS) is 19.4. The molecule has 0 spiro atoms. The molecule has 1 aromatic rings. The predicted molar refractivity (Wildman–Crippen MR) is 87.3 cm³/mol. The zero-order chi connectivity index (χ0) is 16.2. The van der Waals surface area contributed by atoms with Gasteiger partial charge in [-0.05, 0) is 36.8 Å². The second kappa shape index (κ2) is 7.27. The van der Waals surface area contributed by atoms with Crippen LogP contribution in [0.15, 0.2) is 35.2 Å². The molecule has 1 saturated heterocycles. The van der Waals surface area contributed by atoms with Gasteiger partial charge >= 0.3 is 0 Å². The summed E-state index contributed by atoms with van der Waals surface area (Å²) in [5.41, 5.74) is 0. The van der Waals surface area contributed by atoms with Gasteiger partial charge in [-0.2, -0.15) is 0 Å². The minimum absolute atomic E-state index is 0.0371. The molecule has 0 aliphatic carbocycles. The summed E-state index contributed by atoms with van der Waals surface area (Å²) in [6, 6.07) is 8.57. The van der Waals surface area contributed by atoms with E-state index in [0.29, 0.717) is 23.8 Å². The molecule has 1 aliphatic heterocycles. The van der Waals surface area contributed by atoms with Crippen LogP contribution in [0.1, 0.15) is 33.1 Å². The molecule has 0 bridgehead atoms. The van der Waals surface area contributed by atoms with Crippen LogP contribution >= 0.6 is 0 Å². The Balaban J connectivity index is 2.00. The maximum absolute atomic E-state index is 12.5. The maximum atomic E-state index is 12.5. The van der Waals surface area contributed by atoms with E-state index in [1.54, 1.807) is 24.3 Å². The van der Waals surface area contributed by atoms with Crippen LogP contribution in [0.5, 0.6) is 0 Å². The Bertz CT molecular complexity index is 596. The summed E-state index contributed by atoms with van der Waals surface area (Å²) in [6.45, 7) is 5.38. The van der Waals surface area contributed by atoms with E-state index in [4.69, 9.17) is 0 Å². The quantitative estimate of drug-likeness (QED) is 0.837. The van der Waals surface area contributed by atoms with Crippen molar-refractivity contribution < 1.29 is 13.2 Å². The van der Waals surface area contributed by atoms with Crippen molar-refractivity contribution in [3.05, 3.63) is 30.3 Å². The minimum Gasteiger partial charge on any atom is -0.342 e. The second-order valence-corrected chi connectivity index (χ2v) is 8.57. The smallest absolute Gasteiger partial charge is 0.222 e. The number of hydrogen-bond acceptors (Lipinski definition) is 3. The second-order valence-electron chi connectivity index (χ2n) is 6.54. The lowest BCUT2D eigenvalue weighted by atomic mass is 9.99. The molecule has 1 unspecified atom stereocenters. The van der Waals surface area contributed by atoms with E-state index in [0.717, 1.165) is 19.4 Å². The highest BCUT2D eigenvalue weighted by molar-refractivity contribution is 7.91. The molecule has 1 heterocycles. The number of amides is 1. The van der Waals surface area contributed by atoms with Gasteiger partial charge in [-0.1, -0.05) is 32.0 Å². The molecule has 0 aromatic heterocycles. The summed E-state index contributed by atoms with van der Waals surface area (Å²) in [5, 5.41) is 0. The highest BCUT2D eigenvalue weighted by Gasteiger charge is 2.28. The van der Waals surface area contributed by atoms with Gasteiger partial charge in [0.05, 0.1) is 10.6 Å². The molecule has 4 nitrogen and oxygen atoms in total. The van der Waals surface area contributed by atoms with Gasteiger partial charge in [0.25, 0.3) is 0 Å². The first-order chi connectivity index (χ1) is 10.4. The Labute approximate surface area is 133 Å². The standard InChI is InChI=1S/C17H25NO3S/c1-14(2)11-17(19)18-10-6-7-15(12-18)13-22(20,21)16-8-4-3-5-9-16/h3-5,8-9,14-15H,6-7,10-13H2,1-2H3. The molecular formula is C17H25NO3S. The number of sulfone groups is 1. The van der Waals surface area contributed by atoms with Crippen LogP contribution in [0.4, 0.5) is 0 Å². The van der Waals surface area contributed by atoms with Gasteiger partial charge in [-0.3, -0.25) is 4.79 Å². The lowest BCUT2D eigenvalue weighted by molar-refractivity contribution is -0.133. The molecule has 1 fully saturated rings. The molecule has 1 amide bonds. The number of carbonyl (C=O) groups is 1. The average Bonchev–Trinajstić information content (AvgIpc) is 2.47. The van der Waals surface area contributed by atoms with Gasteiger partial charge in [0.15, 0.2) is 9.84 Å². The molecule has 1 aliphatic rings. The van der Waals surface area contributed by atoms with Crippen molar-refractivity contribution in [2.24, 2.45) is 11.8 Å². The van der Waals surface area contributed by atoms with E-state index in [9.17, 15) is 13.2 Å². The van der Waals surface area contributed by atoms with Gasteiger partial charge in [-0.25, -0.2) is 8.42 Å². The monoisotopic (exact) mass is 323 g/mol. The van der Waals surface area contributed by atoms with Gasteiger partial charge in [0.1, 0.15) is 0 Å². The molecule has 22 heavy (non-hydrogen) atoms. The Hall–Kier alpha value is -1.36. The van der Waals surface area contributed by atoms with Crippen LogP contribution in [-0.4, -0.2) is 38.1 Å². The number of carbonyl (C=O) groups excluding carboxylic acids is 1. The first kappa shape index (κ1) is 17.0. The molecular weight excluding hydrogens is 298 g/mol. The van der Waals surface area contributed by atoms with Crippen LogP contribution in [0.3, 0.4) is 0 Å². The third-order valence-electron chi connectivity index (χ3n) is 4.01. The fourth-order valence-electron chi connectivity index (χ4n) is 2.94. The van der Waals surface area contributed by atoms with E-state index in [1.807, 2.05) is 24.8 Å². The van der Waals surface area contributed by atoms with Crippen molar-refractivity contribution in [3.63, 3.8) is 0 Å². The lowest BCUT2D eigenvalue weighted by Gasteiger charge is -2.33. The van der Waals surface area contributed by atoms with E-state index < -0.39 is 9.84 Å². The average molecular weight is 323 g/mol. The van der Waals surface area contributed by atoms with Gasteiger partial charge in [0.2, 0.25) is 5.91 Å². The first-order valence-corrected chi connectivity index (χ1v) is 9.59. The van der Waals surface area contributed by atoms with Gasteiger partial charge in [-0.15, -0.1) is 0 Å². The van der Waals surface area contributed by atoms with Crippen LogP contribution in [0.2, 0.25) is 0 Å². The summed E-state index contributed by atoms with van der Waals surface area (Å²) in [5.74, 6) is 0.649. The molecule has 0 radical (unpaired) electrons. The SMILES string of the molecule is CC(C)CC(=O)N1CCCC(CS(=O)(=O)c2ccccc2)C1. The summed E-state index contributed by atoms with van der Waals surface area (Å²) in [4.78, 5) is 14.4. The number of rotatable bonds is 5. The number of hydrogen-bond donors (Lipinski definition) is 0. The molecule has 0 saturated carbocycles. The molecule has 0 N–H and O–H groups in total. The zero-order valence-electron chi connectivity index (χ0n) is 13.4. The largest absolute Gasteiger partial charge is 0.342 e. The Kier molecular flexibility index (Phi) is 5.62. The fourth-order valence-corrected chi connectivity index (χ4v) is 4.60. The summed E-state index contributed by atoms with van der Waals surface area (Å²) >= 11 is 0. The number of piperidine rings is 1. The Morgan fingerprint density at radius 2 is 1.95 bits per heavy atom.